The number of fused-ring (bicyclic) bond motifs is 2. The summed E-state index contributed by atoms with van der Waals surface area (Å²) in [6.45, 7) is 8.69. The fourth-order valence-electron chi connectivity index (χ4n) is 5.00. The number of hydrogen-bond acceptors (Lipinski definition) is 5. The molecule has 146 valence electrons. The van der Waals surface area contributed by atoms with Gasteiger partial charge >= 0.3 is 0 Å². The highest BCUT2D eigenvalue weighted by atomic mass is 79.9. The van der Waals surface area contributed by atoms with Gasteiger partial charge in [-0.15, -0.1) is 0 Å². The van der Waals surface area contributed by atoms with Crippen molar-refractivity contribution in [2.45, 2.75) is 26.7 Å². The smallest absolute Gasteiger partial charge is 0.142 e. The highest BCUT2D eigenvalue weighted by Gasteiger charge is 2.44. The summed E-state index contributed by atoms with van der Waals surface area (Å²) in [4.78, 5) is 21.9. The van der Waals surface area contributed by atoms with Gasteiger partial charge in [-0.3, -0.25) is 0 Å². The molecule has 2 unspecified atom stereocenters. The Labute approximate surface area is 173 Å². The monoisotopic (exact) mass is 440 g/mol. The molecule has 3 aromatic rings. The Balaban J connectivity index is 1.42. The van der Waals surface area contributed by atoms with E-state index < -0.39 is 0 Å². The minimum absolute atomic E-state index is 0.215. The maximum atomic E-state index is 4.82. The molecule has 1 N–H and O–H groups in total. The zero-order valence-electron chi connectivity index (χ0n) is 16.3. The molecule has 7 heteroatoms. The Morgan fingerprint density at radius 1 is 1.11 bits per heavy atom. The van der Waals surface area contributed by atoms with E-state index in [-0.39, 0.29) is 5.41 Å². The number of nitrogens with one attached hydrogen (secondary N) is 1. The fourth-order valence-corrected chi connectivity index (χ4v) is 5.22. The number of hydrogen-bond donors (Lipinski definition) is 1. The predicted octanol–water partition coefficient (Wildman–Crippen LogP) is 4.17. The van der Waals surface area contributed by atoms with E-state index in [1.54, 1.807) is 6.33 Å². The maximum Gasteiger partial charge on any atom is 0.142 e. The second-order valence-electron chi connectivity index (χ2n) is 8.45. The molecule has 0 aromatic carbocycles. The second kappa shape index (κ2) is 6.72. The van der Waals surface area contributed by atoms with Crippen LogP contribution in [0.1, 0.15) is 25.5 Å². The molecule has 2 fully saturated rings. The maximum absolute atomic E-state index is 4.82. The highest BCUT2D eigenvalue weighted by Crippen LogP contribution is 2.44. The molecule has 0 saturated carbocycles. The zero-order chi connectivity index (χ0) is 19.3. The van der Waals surface area contributed by atoms with E-state index in [0.717, 1.165) is 64.9 Å². The molecule has 6 nitrogen and oxygen atoms in total. The van der Waals surface area contributed by atoms with Crippen molar-refractivity contribution >= 4 is 38.6 Å². The van der Waals surface area contributed by atoms with Crippen molar-refractivity contribution in [2.75, 3.05) is 36.0 Å². The first kappa shape index (κ1) is 17.9. The van der Waals surface area contributed by atoms with Crippen LogP contribution in [-0.4, -0.2) is 46.1 Å². The van der Waals surface area contributed by atoms with Crippen molar-refractivity contribution < 1.29 is 0 Å². The second-order valence-corrected chi connectivity index (χ2v) is 9.30. The molecular weight excluding hydrogens is 416 g/mol. The van der Waals surface area contributed by atoms with Gasteiger partial charge in [0.25, 0.3) is 0 Å². The highest BCUT2D eigenvalue weighted by molar-refractivity contribution is 9.10. The van der Waals surface area contributed by atoms with Crippen molar-refractivity contribution in [3.05, 3.63) is 40.9 Å². The standard InChI is InChI=1S/C21H25BrN6/c1-14-17(22)3-4-18(26-14)27-9-6-15-7-10-28(12-21(15,2)11-27)20-16-5-8-23-19(16)24-13-25-20/h3-5,8,13,15H,6-7,9-12H2,1-2H3,(H,23,24,25). The van der Waals surface area contributed by atoms with Crippen LogP contribution in [0.5, 0.6) is 0 Å². The van der Waals surface area contributed by atoms with Crippen LogP contribution in [0.2, 0.25) is 0 Å². The lowest BCUT2D eigenvalue weighted by Gasteiger charge is -2.52. The lowest BCUT2D eigenvalue weighted by atomic mass is 9.68. The van der Waals surface area contributed by atoms with Gasteiger partial charge in [-0.2, -0.15) is 0 Å². The number of pyridine rings is 1. The van der Waals surface area contributed by atoms with E-state index in [4.69, 9.17) is 4.98 Å². The predicted molar refractivity (Wildman–Crippen MR) is 116 cm³/mol. The van der Waals surface area contributed by atoms with Crippen LogP contribution in [0.25, 0.3) is 11.0 Å². The summed E-state index contributed by atoms with van der Waals surface area (Å²) in [7, 11) is 0. The summed E-state index contributed by atoms with van der Waals surface area (Å²) in [5, 5.41) is 1.11. The van der Waals surface area contributed by atoms with Crippen LogP contribution < -0.4 is 9.80 Å². The van der Waals surface area contributed by atoms with Gasteiger partial charge in [-0.25, -0.2) is 15.0 Å². The molecule has 0 bridgehead atoms. The molecule has 0 spiro atoms. The Morgan fingerprint density at radius 2 is 1.89 bits per heavy atom. The van der Waals surface area contributed by atoms with Crippen molar-refractivity contribution in [1.82, 2.24) is 19.9 Å². The molecule has 5 heterocycles. The van der Waals surface area contributed by atoms with Crippen molar-refractivity contribution in [1.29, 1.82) is 0 Å². The number of piperidine rings is 2. The van der Waals surface area contributed by atoms with Crippen LogP contribution in [0, 0.1) is 18.3 Å². The topological polar surface area (TPSA) is 60.9 Å². The number of anilines is 2. The molecule has 0 radical (unpaired) electrons. The Hall–Kier alpha value is -2.15. The Bertz CT molecular complexity index is 1020. The van der Waals surface area contributed by atoms with E-state index in [9.17, 15) is 0 Å². The summed E-state index contributed by atoms with van der Waals surface area (Å²) < 4.78 is 1.07. The van der Waals surface area contributed by atoms with Gasteiger partial charge in [-0.05, 0) is 59.8 Å². The van der Waals surface area contributed by atoms with E-state index in [2.05, 4.69) is 72.7 Å². The van der Waals surface area contributed by atoms with Crippen molar-refractivity contribution in [2.24, 2.45) is 11.3 Å². The van der Waals surface area contributed by atoms with Crippen LogP contribution in [0.15, 0.2) is 35.2 Å². The number of aromatic nitrogens is 4. The first-order valence-corrected chi connectivity index (χ1v) is 10.7. The van der Waals surface area contributed by atoms with E-state index >= 15 is 0 Å². The third-order valence-corrected chi connectivity index (χ3v) is 7.39. The van der Waals surface area contributed by atoms with Gasteiger partial charge in [0.05, 0.1) is 11.1 Å². The third kappa shape index (κ3) is 2.96. The van der Waals surface area contributed by atoms with Crippen LogP contribution >= 0.6 is 15.9 Å². The number of halogens is 1. The quantitative estimate of drug-likeness (QED) is 0.647. The van der Waals surface area contributed by atoms with Gasteiger partial charge in [0.1, 0.15) is 23.6 Å². The van der Waals surface area contributed by atoms with Gasteiger partial charge in [0, 0.05) is 42.3 Å². The zero-order valence-corrected chi connectivity index (χ0v) is 17.9. The SMILES string of the molecule is Cc1nc(N2CCC3CCN(c4ncnc5[nH]ccc45)CC3(C)C2)ccc1Br. The summed E-state index contributed by atoms with van der Waals surface area (Å²) in [5.41, 5.74) is 2.18. The van der Waals surface area contributed by atoms with E-state index in [1.807, 2.05) is 6.20 Å². The number of rotatable bonds is 2. The molecule has 2 saturated heterocycles. The van der Waals surface area contributed by atoms with Crippen LogP contribution in [0.4, 0.5) is 11.6 Å². The number of aromatic amines is 1. The van der Waals surface area contributed by atoms with Gasteiger partial charge < -0.3 is 14.8 Å². The van der Waals surface area contributed by atoms with Crippen molar-refractivity contribution in [3.63, 3.8) is 0 Å². The van der Waals surface area contributed by atoms with Gasteiger partial charge in [0.15, 0.2) is 0 Å². The lowest BCUT2D eigenvalue weighted by molar-refractivity contribution is 0.125. The Morgan fingerprint density at radius 3 is 2.71 bits per heavy atom. The molecule has 2 atom stereocenters. The number of aryl methyl sites for hydroxylation is 1. The minimum Gasteiger partial charge on any atom is -0.356 e. The Kier molecular flexibility index (Phi) is 4.30. The van der Waals surface area contributed by atoms with E-state index in [1.165, 1.54) is 12.8 Å². The fraction of sp³-hybridized carbons (Fsp3) is 0.476. The van der Waals surface area contributed by atoms with Gasteiger partial charge in [-0.1, -0.05) is 6.92 Å². The first-order chi connectivity index (χ1) is 13.5. The lowest BCUT2D eigenvalue weighted by Crippen LogP contribution is -2.57. The normalized spacial score (nSPS) is 25.2. The van der Waals surface area contributed by atoms with Crippen molar-refractivity contribution in [3.8, 4) is 0 Å². The molecule has 28 heavy (non-hydrogen) atoms. The number of H-pyrrole nitrogens is 1. The first-order valence-electron chi connectivity index (χ1n) is 9.95. The number of nitrogens with zero attached hydrogens (tertiary/aromatic N) is 5. The molecule has 0 aliphatic carbocycles. The largest absolute Gasteiger partial charge is 0.356 e. The molecule has 2 aliphatic heterocycles. The molecule has 2 aliphatic rings. The molecule has 5 rings (SSSR count). The van der Waals surface area contributed by atoms with E-state index in [0.29, 0.717) is 0 Å². The third-order valence-electron chi connectivity index (χ3n) is 6.55. The average molecular weight is 441 g/mol. The summed E-state index contributed by atoms with van der Waals surface area (Å²) in [6, 6.07) is 6.33. The summed E-state index contributed by atoms with van der Waals surface area (Å²) in [6.07, 6.45) is 6.06. The van der Waals surface area contributed by atoms with Gasteiger partial charge in [0.2, 0.25) is 0 Å². The molecular formula is C21H25BrN6. The minimum atomic E-state index is 0.215. The molecule has 0 amide bonds. The van der Waals surface area contributed by atoms with Crippen LogP contribution in [-0.2, 0) is 0 Å². The average Bonchev–Trinajstić information content (AvgIpc) is 3.17. The summed E-state index contributed by atoms with van der Waals surface area (Å²) in [5.74, 6) is 2.90. The van der Waals surface area contributed by atoms with Crippen LogP contribution in [0.3, 0.4) is 0 Å². The molecule has 3 aromatic heterocycles. The summed E-state index contributed by atoms with van der Waals surface area (Å²) >= 11 is 3.57.